The zero-order valence-electron chi connectivity index (χ0n) is 13.5. The molecule has 128 valence electrons. The molecule has 0 saturated carbocycles. The molecule has 1 aromatic heterocycles. The number of carbonyl (C=O) groups is 1. The first-order valence-corrected chi connectivity index (χ1v) is 10.3. The Balaban J connectivity index is 1.68. The highest BCUT2D eigenvalue weighted by molar-refractivity contribution is 7.89. The monoisotopic (exact) mass is 364 g/mol. The third kappa shape index (κ3) is 3.68. The first-order chi connectivity index (χ1) is 11.5. The average Bonchev–Trinajstić information content (AvgIpc) is 3.15. The van der Waals surface area contributed by atoms with Crippen molar-refractivity contribution in [2.24, 2.45) is 0 Å². The number of carbonyl (C=O) groups excluding carboxylic acids is 1. The van der Waals surface area contributed by atoms with Gasteiger partial charge >= 0.3 is 0 Å². The molecule has 1 aliphatic rings. The number of anilines is 1. The van der Waals surface area contributed by atoms with Crippen LogP contribution in [0.3, 0.4) is 0 Å². The van der Waals surface area contributed by atoms with Crippen molar-refractivity contribution in [1.29, 1.82) is 0 Å². The Morgan fingerprint density at radius 2 is 1.96 bits per heavy atom. The standard InChI is InChI=1S/C17H20N2O3S2/c1-2-10-18-24(21,22)14-8-6-13(7-9-14)19-17(20)16-11-12-4-3-5-15(12)23-16/h6-9,11,18H,2-5,10H2,1H3,(H,19,20). The van der Waals surface area contributed by atoms with Gasteiger partial charge in [0.15, 0.2) is 0 Å². The summed E-state index contributed by atoms with van der Waals surface area (Å²) in [7, 11) is -3.48. The van der Waals surface area contributed by atoms with Gasteiger partial charge in [0.25, 0.3) is 5.91 Å². The molecule has 0 aliphatic heterocycles. The number of aryl methyl sites for hydroxylation is 2. The molecule has 1 amide bonds. The van der Waals surface area contributed by atoms with Crippen LogP contribution in [0, 0.1) is 0 Å². The number of sulfonamides is 1. The molecule has 0 bridgehead atoms. The number of hydrogen-bond donors (Lipinski definition) is 2. The van der Waals surface area contributed by atoms with Crippen LogP contribution in [0.2, 0.25) is 0 Å². The number of amides is 1. The van der Waals surface area contributed by atoms with Crippen molar-refractivity contribution < 1.29 is 13.2 Å². The van der Waals surface area contributed by atoms with Crippen LogP contribution in [-0.4, -0.2) is 20.9 Å². The molecule has 7 heteroatoms. The molecule has 0 atom stereocenters. The highest BCUT2D eigenvalue weighted by Gasteiger charge is 2.19. The molecule has 0 fully saturated rings. The van der Waals surface area contributed by atoms with Crippen LogP contribution in [0.5, 0.6) is 0 Å². The van der Waals surface area contributed by atoms with Crippen molar-refractivity contribution in [3.63, 3.8) is 0 Å². The average molecular weight is 364 g/mol. The lowest BCUT2D eigenvalue weighted by Crippen LogP contribution is -2.24. The molecule has 1 aromatic carbocycles. The normalized spacial score (nSPS) is 13.7. The third-order valence-electron chi connectivity index (χ3n) is 3.93. The van der Waals surface area contributed by atoms with Crippen molar-refractivity contribution >= 4 is 33.0 Å². The number of thiophene rings is 1. The fourth-order valence-electron chi connectivity index (χ4n) is 2.67. The Kier molecular flexibility index (Phi) is 5.03. The van der Waals surface area contributed by atoms with Crippen LogP contribution in [0.15, 0.2) is 35.2 Å². The first-order valence-electron chi connectivity index (χ1n) is 8.02. The number of fused-ring (bicyclic) bond motifs is 1. The van der Waals surface area contributed by atoms with Gasteiger partial charge in [-0.3, -0.25) is 4.79 Å². The maximum absolute atomic E-state index is 12.3. The van der Waals surface area contributed by atoms with Crippen molar-refractivity contribution in [1.82, 2.24) is 4.72 Å². The third-order valence-corrected chi connectivity index (χ3v) is 6.65. The maximum Gasteiger partial charge on any atom is 0.265 e. The Bertz CT molecular complexity index is 818. The zero-order valence-corrected chi connectivity index (χ0v) is 15.1. The molecule has 0 unspecified atom stereocenters. The summed E-state index contributed by atoms with van der Waals surface area (Å²) in [5, 5.41) is 2.83. The summed E-state index contributed by atoms with van der Waals surface area (Å²) in [5.74, 6) is -0.144. The maximum atomic E-state index is 12.3. The molecule has 0 saturated heterocycles. The number of benzene rings is 1. The molecule has 1 aliphatic carbocycles. The number of hydrogen-bond acceptors (Lipinski definition) is 4. The SMILES string of the molecule is CCCNS(=O)(=O)c1ccc(NC(=O)c2cc3c(s2)CCC3)cc1. The van der Waals surface area contributed by atoms with Crippen LogP contribution in [0.25, 0.3) is 0 Å². The van der Waals surface area contributed by atoms with E-state index in [2.05, 4.69) is 10.0 Å². The number of rotatable bonds is 6. The lowest BCUT2D eigenvalue weighted by Gasteiger charge is -2.07. The molecule has 2 N–H and O–H groups in total. The smallest absolute Gasteiger partial charge is 0.265 e. The second-order valence-corrected chi connectivity index (χ2v) is 8.69. The molecular weight excluding hydrogens is 344 g/mol. The summed E-state index contributed by atoms with van der Waals surface area (Å²) in [6.07, 6.45) is 4.02. The van der Waals surface area contributed by atoms with E-state index in [0.29, 0.717) is 17.1 Å². The van der Waals surface area contributed by atoms with E-state index in [4.69, 9.17) is 0 Å². The Hall–Kier alpha value is -1.70. The fourth-order valence-corrected chi connectivity index (χ4v) is 4.95. The second kappa shape index (κ2) is 7.04. The summed E-state index contributed by atoms with van der Waals surface area (Å²) in [6.45, 7) is 2.31. The van der Waals surface area contributed by atoms with Gasteiger partial charge in [0.1, 0.15) is 0 Å². The summed E-state index contributed by atoms with van der Waals surface area (Å²) >= 11 is 1.55. The summed E-state index contributed by atoms with van der Waals surface area (Å²) in [4.78, 5) is 14.5. The molecule has 3 rings (SSSR count). The zero-order chi connectivity index (χ0) is 17.2. The minimum Gasteiger partial charge on any atom is -0.321 e. The minimum atomic E-state index is -3.48. The Morgan fingerprint density at radius 1 is 1.21 bits per heavy atom. The highest BCUT2D eigenvalue weighted by Crippen LogP contribution is 2.31. The van der Waals surface area contributed by atoms with Gasteiger partial charge in [0.05, 0.1) is 9.77 Å². The lowest BCUT2D eigenvalue weighted by atomic mass is 10.2. The van der Waals surface area contributed by atoms with Gasteiger partial charge in [-0.05, 0) is 61.6 Å². The van der Waals surface area contributed by atoms with E-state index in [-0.39, 0.29) is 10.8 Å². The molecule has 0 radical (unpaired) electrons. The van der Waals surface area contributed by atoms with Gasteiger partial charge in [0.2, 0.25) is 10.0 Å². The molecule has 1 heterocycles. The molecular formula is C17H20N2O3S2. The molecule has 2 aromatic rings. The van der Waals surface area contributed by atoms with E-state index in [1.54, 1.807) is 23.5 Å². The van der Waals surface area contributed by atoms with Gasteiger partial charge in [-0.1, -0.05) is 6.92 Å². The highest BCUT2D eigenvalue weighted by atomic mass is 32.2. The Morgan fingerprint density at radius 3 is 2.62 bits per heavy atom. The van der Waals surface area contributed by atoms with E-state index in [1.807, 2.05) is 13.0 Å². The van der Waals surface area contributed by atoms with Crippen molar-refractivity contribution in [3.05, 3.63) is 45.6 Å². The van der Waals surface area contributed by atoms with Gasteiger partial charge in [-0.2, -0.15) is 0 Å². The van der Waals surface area contributed by atoms with E-state index >= 15 is 0 Å². The van der Waals surface area contributed by atoms with Gasteiger partial charge in [-0.25, -0.2) is 13.1 Å². The van der Waals surface area contributed by atoms with Crippen LogP contribution in [-0.2, 0) is 22.9 Å². The van der Waals surface area contributed by atoms with E-state index in [1.165, 1.54) is 29.0 Å². The van der Waals surface area contributed by atoms with Crippen LogP contribution >= 0.6 is 11.3 Å². The van der Waals surface area contributed by atoms with E-state index < -0.39 is 10.0 Å². The van der Waals surface area contributed by atoms with Gasteiger partial charge in [-0.15, -0.1) is 11.3 Å². The Labute approximate surface area is 146 Å². The number of nitrogens with one attached hydrogen (secondary N) is 2. The van der Waals surface area contributed by atoms with E-state index in [0.717, 1.165) is 19.3 Å². The predicted octanol–water partition coefficient (Wildman–Crippen LogP) is 3.18. The minimum absolute atomic E-state index is 0.144. The van der Waals surface area contributed by atoms with Crippen molar-refractivity contribution in [2.75, 3.05) is 11.9 Å². The lowest BCUT2D eigenvalue weighted by molar-refractivity contribution is 0.103. The van der Waals surface area contributed by atoms with Gasteiger partial charge in [0, 0.05) is 17.1 Å². The van der Waals surface area contributed by atoms with Crippen LogP contribution < -0.4 is 10.0 Å². The van der Waals surface area contributed by atoms with Crippen molar-refractivity contribution in [3.8, 4) is 0 Å². The summed E-state index contributed by atoms with van der Waals surface area (Å²) in [5.41, 5.74) is 1.87. The summed E-state index contributed by atoms with van der Waals surface area (Å²) in [6, 6.07) is 8.19. The molecule has 24 heavy (non-hydrogen) atoms. The topological polar surface area (TPSA) is 75.3 Å². The van der Waals surface area contributed by atoms with E-state index in [9.17, 15) is 13.2 Å². The van der Waals surface area contributed by atoms with Gasteiger partial charge < -0.3 is 5.32 Å². The second-order valence-electron chi connectivity index (χ2n) is 5.79. The molecule has 0 spiro atoms. The van der Waals surface area contributed by atoms with Crippen LogP contribution in [0.1, 0.15) is 39.9 Å². The largest absolute Gasteiger partial charge is 0.321 e. The predicted molar refractivity (Wildman–Crippen MR) is 96.2 cm³/mol. The quantitative estimate of drug-likeness (QED) is 0.827. The molecule has 5 nitrogen and oxygen atoms in total. The summed E-state index contributed by atoms with van der Waals surface area (Å²) < 4.78 is 26.6. The van der Waals surface area contributed by atoms with Crippen molar-refractivity contribution in [2.45, 2.75) is 37.5 Å². The fraction of sp³-hybridized carbons (Fsp3) is 0.353. The van der Waals surface area contributed by atoms with Crippen LogP contribution in [0.4, 0.5) is 5.69 Å². The first kappa shape index (κ1) is 17.1.